The van der Waals surface area contributed by atoms with Gasteiger partial charge in [-0.05, 0) is 13.8 Å². The third-order valence-corrected chi connectivity index (χ3v) is 2.40. The molecule has 1 heterocycles. The lowest BCUT2D eigenvalue weighted by atomic mass is 10.2. The Bertz CT molecular complexity index is 235. The van der Waals surface area contributed by atoms with Crippen molar-refractivity contribution in [3.63, 3.8) is 0 Å². The minimum absolute atomic E-state index is 0.139. The number of carbonyl (C=O) groups is 1. The van der Waals surface area contributed by atoms with Gasteiger partial charge in [0.05, 0.1) is 19.3 Å². The first-order valence-corrected chi connectivity index (χ1v) is 5.35. The average molecular weight is 212 g/mol. The number of nitrogens with one attached hydrogen (secondary N) is 1. The lowest BCUT2D eigenvalue weighted by molar-refractivity contribution is -0.137. The van der Waals surface area contributed by atoms with E-state index in [4.69, 9.17) is 4.74 Å². The maximum Gasteiger partial charge on any atom is 0.239 e. The number of rotatable bonds is 4. The van der Waals surface area contributed by atoms with Crippen LogP contribution in [0.2, 0.25) is 0 Å². The summed E-state index contributed by atoms with van der Waals surface area (Å²) in [6.07, 6.45) is 0. The molecule has 0 aromatic heterocycles. The third-order valence-electron chi connectivity index (χ3n) is 2.40. The van der Waals surface area contributed by atoms with Gasteiger partial charge in [0.2, 0.25) is 5.91 Å². The van der Waals surface area contributed by atoms with Gasteiger partial charge in [0.25, 0.3) is 0 Å². The summed E-state index contributed by atoms with van der Waals surface area (Å²) in [6.45, 7) is 11.0. The van der Waals surface area contributed by atoms with Gasteiger partial charge in [-0.15, -0.1) is 0 Å². The second-order valence-corrected chi connectivity index (χ2v) is 4.00. The fourth-order valence-electron chi connectivity index (χ4n) is 1.47. The minimum Gasteiger partial charge on any atom is -0.378 e. The predicted molar refractivity (Wildman–Crippen MR) is 59.7 cm³/mol. The zero-order chi connectivity index (χ0) is 11.3. The van der Waals surface area contributed by atoms with E-state index in [0.29, 0.717) is 32.8 Å². The lowest BCUT2D eigenvalue weighted by Crippen LogP contribution is -2.49. The Hall–Kier alpha value is -0.870. The van der Waals surface area contributed by atoms with Crippen LogP contribution >= 0.6 is 0 Å². The number of amides is 1. The second-order valence-electron chi connectivity index (χ2n) is 4.00. The molecule has 1 aliphatic rings. The average Bonchev–Trinajstić information content (AvgIpc) is 2.26. The van der Waals surface area contributed by atoms with E-state index in [-0.39, 0.29) is 11.9 Å². The molecule has 0 saturated carbocycles. The largest absolute Gasteiger partial charge is 0.378 e. The van der Waals surface area contributed by atoms with E-state index in [0.717, 1.165) is 5.57 Å². The van der Waals surface area contributed by atoms with Crippen LogP contribution < -0.4 is 5.32 Å². The van der Waals surface area contributed by atoms with Gasteiger partial charge in [-0.3, -0.25) is 4.79 Å². The highest BCUT2D eigenvalue weighted by Gasteiger charge is 2.21. The summed E-state index contributed by atoms with van der Waals surface area (Å²) < 4.78 is 5.20. The van der Waals surface area contributed by atoms with Gasteiger partial charge in [-0.25, -0.2) is 0 Å². The van der Waals surface area contributed by atoms with Crippen LogP contribution in [-0.2, 0) is 9.53 Å². The van der Waals surface area contributed by atoms with Gasteiger partial charge in [0.15, 0.2) is 0 Å². The first-order chi connectivity index (χ1) is 7.11. The van der Waals surface area contributed by atoms with Crippen molar-refractivity contribution in [1.82, 2.24) is 10.2 Å². The fraction of sp³-hybridized carbons (Fsp3) is 0.727. The molecule has 1 aliphatic heterocycles. The van der Waals surface area contributed by atoms with Crippen molar-refractivity contribution in [2.24, 2.45) is 0 Å². The zero-order valence-electron chi connectivity index (χ0n) is 9.58. The number of carbonyl (C=O) groups excluding carboxylic acids is 1. The Balaban J connectivity index is 2.33. The Labute approximate surface area is 91.3 Å². The molecule has 1 saturated heterocycles. The molecule has 1 rings (SSSR count). The first kappa shape index (κ1) is 12.2. The normalized spacial score (nSPS) is 18.7. The quantitative estimate of drug-likeness (QED) is 0.686. The topological polar surface area (TPSA) is 41.6 Å². The van der Waals surface area contributed by atoms with Gasteiger partial charge in [-0.1, -0.05) is 12.2 Å². The predicted octanol–water partition coefficient (Wildman–Crippen LogP) is 0.399. The van der Waals surface area contributed by atoms with Gasteiger partial charge in [0, 0.05) is 19.6 Å². The maximum absolute atomic E-state index is 11.9. The zero-order valence-corrected chi connectivity index (χ0v) is 9.58. The molecule has 1 amide bonds. The summed E-state index contributed by atoms with van der Waals surface area (Å²) >= 11 is 0. The number of hydrogen-bond acceptors (Lipinski definition) is 3. The van der Waals surface area contributed by atoms with Crippen molar-refractivity contribution in [1.29, 1.82) is 0 Å². The molecule has 15 heavy (non-hydrogen) atoms. The van der Waals surface area contributed by atoms with Gasteiger partial charge in [0.1, 0.15) is 0 Å². The van der Waals surface area contributed by atoms with Crippen molar-refractivity contribution in [2.45, 2.75) is 19.9 Å². The monoisotopic (exact) mass is 212 g/mol. The summed E-state index contributed by atoms with van der Waals surface area (Å²) in [5, 5.41) is 3.15. The third kappa shape index (κ3) is 4.01. The number of nitrogens with zero attached hydrogens (tertiary/aromatic N) is 1. The summed E-state index contributed by atoms with van der Waals surface area (Å²) in [7, 11) is 0. The molecule has 0 aromatic carbocycles. The Morgan fingerprint density at radius 3 is 2.67 bits per heavy atom. The van der Waals surface area contributed by atoms with Crippen LogP contribution in [0.4, 0.5) is 0 Å². The molecule has 0 spiro atoms. The van der Waals surface area contributed by atoms with Crippen LogP contribution in [0.25, 0.3) is 0 Å². The van der Waals surface area contributed by atoms with E-state index in [1.165, 1.54) is 0 Å². The van der Waals surface area contributed by atoms with Crippen molar-refractivity contribution in [3.05, 3.63) is 12.2 Å². The van der Waals surface area contributed by atoms with Crippen molar-refractivity contribution >= 4 is 5.91 Å². The molecule has 1 N–H and O–H groups in total. The molecule has 4 nitrogen and oxygen atoms in total. The molecule has 0 aromatic rings. The van der Waals surface area contributed by atoms with Crippen LogP contribution in [0.5, 0.6) is 0 Å². The van der Waals surface area contributed by atoms with E-state index in [9.17, 15) is 4.79 Å². The fourth-order valence-corrected chi connectivity index (χ4v) is 1.47. The highest BCUT2D eigenvalue weighted by Crippen LogP contribution is 2.00. The van der Waals surface area contributed by atoms with Crippen molar-refractivity contribution in [2.75, 3.05) is 32.8 Å². The maximum atomic E-state index is 11.9. The Kier molecular flexibility index (Phi) is 4.78. The van der Waals surface area contributed by atoms with Gasteiger partial charge >= 0.3 is 0 Å². The van der Waals surface area contributed by atoms with E-state index in [1.54, 1.807) is 0 Å². The van der Waals surface area contributed by atoms with Crippen LogP contribution in [0.3, 0.4) is 0 Å². The van der Waals surface area contributed by atoms with Crippen LogP contribution in [-0.4, -0.2) is 49.7 Å². The molecule has 4 heteroatoms. The Morgan fingerprint density at radius 1 is 1.53 bits per heavy atom. The molecule has 1 atom stereocenters. The highest BCUT2D eigenvalue weighted by atomic mass is 16.5. The molecule has 1 fully saturated rings. The summed E-state index contributed by atoms with van der Waals surface area (Å²) in [6, 6.07) is -0.139. The van der Waals surface area contributed by atoms with Crippen molar-refractivity contribution in [3.8, 4) is 0 Å². The van der Waals surface area contributed by atoms with Crippen LogP contribution in [0, 0.1) is 0 Å². The second kappa shape index (κ2) is 5.88. The van der Waals surface area contributed by atoms with Crippen molar-refractivity contribution < 1.29 is 9.53 Å². The van der Waals surface area contributed by atoms with E-state index in [2.05, 4.69) is 11.9 Å². The SMILES string of the molecule is C=C(C)CNC(C)C(=O)N1CCOCC1. The van der Waals surface area contributed by atoms with Gasteiger partial charge < -0.3 is 15.0 Å². The highest BCUT2D eigenvalue weighted by molar-refractivity contribution is 5.81. The van der Waals surface area contributed by atoms with E-state index < -0.39 is 0 Å². The first-order valence-electron chi connectivity index (χ1n) is 5.35. The summed E-state index contributed by atoms with van der Waals surface area (Å²) in [5.74, 6) is 0.152. The molecule has 86 valence electrons. The molecule has 1 unspecified atom stereocenters. The summed E-state index contributed by atoms with van der Waals surface area (Å²) in [5.41, 5.74) is 1.04. The van der Waals surface area contributed by atoms with E-state index in [1.807, 2.05) is 18.7 Å². The smallest absolute Gasteiger partial charge is 0.239 e. The number of morpholine rings is 1. The minimum atomic E-state index is -0.139. The summed E-state index contributed by atoms with van der Waals surface area (Å²) in [4.78, 5) is 13.7. The van der Waals surface area contributed by atoms with Crippen LogP contribution in [0.15, 0.2) is 12.2 Å². The molecule has 0 radical (unpaired) electrons. The van der Waals surface area contributed by atoms with E-state index >= 15 is 0 Å². The standard InChI is InChI=1S/C11H20N2O2/c1-9(2)8-12-10(3)11(14)13-4-6-15-7-5-13/h10,12H,1,4-8H2,2-3H3. The molecule has 0 bridgehead atoms. The number of hydrogen-bond donors (Lipinski definition) is 1. The molecular weight excluding hydrogens is 192 g/mol. The van der Waals surface area contributed by atoms with Crippen LogP contribution in [0.1, 0.15) is 13.8 Å². The lowest BCUT2D eigenvalue weighted by Gasteiger charge is -2.29. The van der Waals surface area contributed by atoms with Gasteiger partial charge in [-0.2, -0.15) is 0 Å². The molecular formula is C11H20N2O2. The molecule has 0 aliphatic carbocycles. The number of ether oxygens (including phenoxy) is 1. The Morgan fingerprint density at radius 2 is 2.13 bits per heavy atom.